The Labute approximate surface area is 208 Å². The van der Waals surface area contributed by atoms with E-state index in [0.717, 1.165) is 11.1 Å². The van der Waals surface area contributed by atoms with Gasteiger partial charge in [-0.1, -0.05) is 52.0 Å². The molecule has 2 bridgehead atoms. The number of amides is 4. The van der Waals surface area contributed by atoms with Crippen molar-refractivity contribution in [3.8, 4) is 0 Å². The molecule has 1 saturated carbocycles. The quantitative estimate of drug-likeness (QED) is 0.407. The molecule has 0 aromatic heterocycles. The third kappa shape index (κ3) is 5.68. The van der Waals surface area contributed by atoms with Crippen LogP contribution in [0.25, 0.3) is 0 Å². The van der Waals surface area contributed by atoms with E-state index in [2.05, 4.69) is 21.3 Å². The van der Waals surface area contributed by atoms with Crippen LogP contribution in [0.4, 0.5) is 0 Å². The summed E-state index contributed by atoms with van der Waals surface area (Å²) in [7, 11) is 3.11. The monoisotopic (exact) mass is 484 g/mol. The first-order valence-electron chi connectivity index (χ1n) is 12.7. The SMILES string of the molecule is CNC(=O)[C@H](CC(C)C)NC(=O)[C@@H]1[C@H](C(=O)N[C@@H](CC(C)C)C(=O)NC)[C@H]2C[C@@H]1c1ccccc12. The summed E-state index contributed by atoms with van der Waals surface area (Å²) in [5.74, 6) is -2.01. The molecule has 0 spiro atoms. The molecule has 2 aliphatic carbocycles. The van der Waals surface area contributed by atoms with E-state index in [1.807, 2.05) is 52.0 Å². The molecule has 1 fully saturated rings. The van der Waals surface area contributed by atoms with Gasteiger partial charge in [-0.25, -0.2) is 0 Å². The fourth-order valence-electron chi connectivity index (χ4n) is 5.88. The van der Waals surface area contributed by atoms with E-state index >= 15 is 0 Å². The molecule has 0 aliphatic heterocycles. The third-order valence-electron chi connectivity index (χ3n) is 7.34. The third-order valence-corrected chi connectivity index (χ3v) is 7.34. The minimum Gasteiger partial charge on any atom is -0.357 e. The van der Waals surface area contributed by atoms with Crippen molar-refractivity contribution < 1.29 is 19.2 Å². The molecule has 0 radical (unpaired) electrons. The van der Waals surface area contributed by atoms with Gasteiger partial charge in [-0.15, -0.1) is 0 Å². The predicted octanol–water partition coefficient (Wildman–Crippen LogP) is 2.06. The number of benzene rings is 1. The average molecular weight is 485 g/mol. The average Bonchev–Trinajstić information content (AvgIpc) is 3.39. The summed E-state index contributed by atoms with van der Waals surface area (Å²) in [6.45, 7) is 8.00. The number of hydrogen-bond acceptors (Lipinski definition) is 4. The van der Waals surface area contributed by atoms with Crippen LogP contribution in [0, 0.1) is 23.7 Å². The highest BCUT2D eigenvalue weighted by Gasteiger charge is 2.56. The van der Waals surface area contributed by atoms with Crippen LogP contribution in [-0.2, 0) is 19.2 Å². The number of rotatable bonds is 10. The van der Waals surface area contributed by atoms with Crippen LogP contribution < -0.4 is 21.3 Å². The largest absolute Gasteiger partial charge is 0.357 e. The molecule has 4 N–H and O–H groups in total. The van der Waals surface area contributed by atoms with E-state index in [9.17, 15) is 19.2 Å². The van der Waals surface area contributed by atoms with E-state index in [-0.39, 0.29) is 47.3 Å². The van der Waals surface area contributed by atoms with Crippen molar-refractivity contribution in [3.63, 3.8) is 0 Å². The maximum atomic E-state index is 13.7. The summed E-state index contributed by atoms with van der Waals surface area (Å²) in [6, 6.07) is 6.66. The Morgan fingerprint density at radius 1 is 0.743 bits per heavy atom. The molecule has 0 unspecified atom stereocenters. The Morgan fingerprint density at radius 2 is 1.11 bits per heavy atom. The van der Waals surface area contributed by atoms with Gasteiger partial charge in [0.15, 0.2) is 0 Å². The van der Waals surface area contributed by atoms with Crippen LogP contribution in [0.1, 0.15) is 69.9 Å². The summed E-state index contributed by atoms with van der Waals surface area (Å²) >= 11 is 0. The first-order chi connectivity index (χ1) is 16.6. The highest BCUT2D eigenvalue weighted by molar-refractivity contribution is 5.95. The molecule has 4 amide bonds. The first-order valence-corrected chi connectivity index (χ1v) is 12.7. The Balaban J connectivity index is 1.91. The molecule has 2 aliphatic rings. The Morgan fingerprint density at radius 3 is 1.43 bits per heavy atom. The molecule has 192 valence electrons. The molecule has 1 aromatic rings. The molecule has 8 nitrogen and oxygen atoms in total. The molecule has 1 aromatic carbocycles. The Bertz CT molecular complexity index is 885. The lowest BCUT2D eigenvalue weighted by Gasteiger charge is -2.33. The van der Waals surface area contributed by atoms with E-state index < -0.39 is 23.9 Å². The molecular formula is C27H40N4O4. The zero-order valence-electron chi connectivity index (χ0n) is 21.7. The lowest BCUT2D eigenvalue weighted by atomic mass is 9.74. The zero-order valence-corrected chi connectivity index (χ0v) is 21.7. The van der Waals surface area contributed by atoms with Crippen LogP contribution in [0.5, 0.6) is 0 Å². The molecule has 8 heteroatoms. The van der Waals surface area contributed by atoms with Gasteiger partial charge in [0.1, 0.15) is 12.1 Å². The molecule has 6 atom stereocenters. The molecule has 0 heterocycles. The van der Waals surface area contributed by atoms with E-state index in [1.54, 1.807) is 14.1 Å². The van der Waals surface area contributed by atoms with Crippen molar-refractivity contribution in [3.05, 3.63) is 35.4 Å². The van der Waals surface area contributed by atoms with Gasteiger partial charge in [-0.3, -0.25) is 19.2 Å². The van der Waals surface area contributed by atoms with Crippen LogP contribution in [0.3, 0.4) is 0 Å². The van der Waals surface area contributed by atoms with Gasteiger partial charge in [-0.05, 0) is 54.1 Å². The number of carbonyl (C=O) groups excluding carboxylic acids is 4. The summed E-state index contributed by atoms with van der Waals surface area (Å²) in [5.41, 5.74) is 2.21. The second-order valence-electron chi connectivity index (χ2n) is 10.7. The topological polar surface area (TPSA) is 116 Å². The van der Waals surface area contributed by atoms with Gasteiger partial charge in [0.2, 0.25) is 23.6 Å². The summed E-state index contributed by atoms with van der Waals surface area (Å²) in [6.07, 6.45) is 1.72. The maximum Gasteiger partial charge on any atom is 0.242 e. The number of likely N-dealkylation sites (N-methyl/N-ethyl adjacent to an activating group) is 2. The minimum absolute atomic E-state index is 0.0973. The van der Waals surface area contributed by atoms with Crippen molar-refractivity contribution in [2.24, 2.45) is 23.7 Å². The van der Waals surface area contributed by atoms with E-state index in [1.165, 1.54) is 0 Å². The highest BCUT2D eigenvalue weighted by Crippen LogP contribution is 2.59. The van der Waals surface area contributed by atoms with Crippen molar-refractivity contribution in [1.82, 2.24) is 21.3 Å². The fourth-order valence-corrected chi connectivity index (χ4v) is 5.88. The first kappa shape index (κ1) is 26.7. The minimum atomic E-state index is -0.662. The predicted molar refractivity (Wildman–Crippen MR) is 134 cm³/mol. The van der Waals surface area contributed by atoms with Crippen molar-refractivity contribution in [2.75, 3.05) is 14.1 Å². The second kappa shape index (κ2) is 11.2. The molecule has 35 heavy (non-hydrogen) atoms. The van der Waals surface area contributed by atoms with Crippen molar-refractivity contribution in [2.45, 2.75) is 70.9 Å². The normalized spacial score (nSPS) is 24.0. The van der Waals surface area contributed by atoms with Crippen molar-refractivity contribution >= 4 is 23.6 Å². The number of hydrogen-bond donors (Lipinski definition) is 4. The second-order valence-corrected chi connectivity index (χ2v) is 10.7. The number of carbonyl (C=O) groups is 4. The highest BCUT2D eigenvalue weighted by atomic mass is 16.2. The van der Waals surface area contributed by atoms with Gasteiger partial charge in [0, 0.05) is 14.1 Å². The lowest BCUT2D eigenvalue weighted by Crippen LogP contribution is -2.53. The number of nitrogens with one attached hydrogen (secondary N) is 4. The number of fused-ring (bicyclic) bond motifs is 5. The van der Waals surface area contributed by atoms with E-state index in [0.29, 0.717) is 19.3 Å². The standard InChI is InChI=1S/C27H40N4O4/c1-14(2)11-20(24(32)28-5)30-26(34)22-18-13-19(17-10-8-7-9-16(17)18)23(22)27(35)31-21(12-15(3)4)25(33)29-6/h7-10,14-15,18-23H,11-13H2,1-6H3,(H,28,32)(H,29,33)(H,30,34)(H,31,35)/t18-,19+,20-,21-,22+,23-/m0/s1. The molecular weight excluding hydrogens is 444 g/mol. The zero-order chi connectivity index (χ0) is 25.9. The Kier molecular flexibility index (Phi) is 8.56. The van der Waals surface area contributed by atoms with Gasteiger partial charge in [0.25, 0.3) is 0 Å². The van der Waals surface area contributed by atoms with Crippen LogP contribution in [-0.4, -0.2) is 49.8 Å². The fraction of sp³-hybridized carbons (Fsp3) is 0.630. The smallest absolute Gasteiger partial charge is 0.242 e. The van der Waals surface area contributed by atoms with Crippen LogP contribution in [0.15, 0.2) is 24.3 Å². The van der Waals surface area contributed by atoms with Crippen LogP contribution in [0.2, 0.25) is 0 Å². The van der Waals surface area contributed by atoms with Gasteiger partial charge >= 0.3 is 0 Å². The van der Waals surface area contributed by atoms with Gasteiger partial charge in [0.05, 0.1) is 11.8 Å². The lowest BCUT2D eigenvalue weighted by molar-refractivity contribution is -0.138. The summed E-state index contributed by atoms with van der Waals surface area (Å²) in [4.78, 5) is 52.3. The van der Waals surface area contributed by atoms with Crippen LogP contribution >= 0.6 is 0 Å². The summed E-state index contributed by atoms with van der Waals surface area (Å²) < 4.78 is 0. The van der Waals surface area contributed by atoms with Gasteiger partial charge < -0.3 is 21.3 Å². The van der Waals surface area contributed by atoms with E-state index in [4.69, 9.17) is 0 Å². The molecule has 3 rings (SSSR count). The summed E-state index contributed by atoms with van der Waals surface area (Å²) in [5, 5.41) is 11.2. The Hall–Kier alpha value is -2.90. The van der Waals surface area contributed by atoms with Crippen molar-refractivity contribution in [1.29, 1.82) is 0 Å². The van der Waals surface area contributed by atoms with Gasteiger partial charge in [-0.2, -0.15) is 0 Å². The molecule has 0 saturated heterocycles. The maximum absolute atomic E-state index is 13.7.